The van der Waals surface area contributed by atoms with E-state index < -0.39 is 0 Å². The van der Waals surface area contributed by atoms with Crippen molar-refractivity contribution in [3.05, 3.63) is 24.0 Å². The molecule has 0 aliphatic carbocycles. The molecule has 0 bridgehead atoms. The van der Waals surface area contributed by atoms with Crippen LogP contribution in [0.1, 0.15) is 51.5 Å². The highest BCUT2D eigenvalue weighted by molar-refractivity contribution is 5.93. The van der Waals surface area contributed by atoms with E-state index in [-0.39, 0.29) is 11.4 Å². The van der Waals surface area contributed by atoms with E-state index in [9.17, 15) is 4.79 Å². The van der Waals surface area contributed by atoms with Crippen LogP contribution in [0.3, 0.4) is 0 Å². The summed E-state index contributed by atoms with van der Waals surface area (Å²) in [4.78, 5) is 16.1. The fourth-order valence-corrected chi connectivity index (χ4v) is 1.44. The Bertz CT molecular complexity index is 410. The summed E-state index contributed by atoms with van der Waals surface area (Å²) < 4.78 is 0. The van der Waals surface area contributed by atoms with Crippen molar-refractivity contribution in [1.82, 2.24) is 10.3 Å². The quantitative estimate of drug-likeness (QED) is 0.862. The smallest absolute Gasteiger partial charge is 0.270 e. The highest BCUT2D eigenvalue weighted by Gasteiger charge is 2.16. The van der Waals surface area contributed by atoms with Gasteiger partial charge in [0, 0.05) is 23.5 Å². The summed E-state index contributed by atoms with van der Waals surface area (Å²) in [5.41, 5.74) is 1.12. The Balaban J connectivity index is 2.78. The van der Waals surface area contributed by atoms with Crippen LogP contribution < -0.4 is 10.6 Å². The van der Waals surface area contributed by atoms with Gasteiger partial charge in [-0.05, 0) is 46.2 Å². The first-order chi connectivity index (χ1) is 8.31. The third-order valence-electron chi connectivity index (χ3n) is 2.51. The molecule has 1 amide bonds. The molecular weight excluding hydrogens is 226 g/mol. The van der Waals surface area contributed by atoms with Gasteiger partial charge in [-0.3, -0.25) is 9.78 Å². The summed E-state index contributed by atoms with van der Waals surface area (Å²) in [7, 11) is 0. The number of rotatable bonds is 4. The van der Waals surface area contributed by atoms with Crippen molar-refractivity contribution in [2.24, 2.45) is 0 Å². The van der Waals surface area contributed by atoms with Gasteiger partial charge in [0.1, 0.15) is 5.69 Å². The van der Waals surface area contributed by atoms with Gasteiger partial charge in [-0.25, -0.2) is 0 Å². The summed E-state index contributed by atoms with van der Waals surface area (Å²) >= 11 is 0. The Hall–Kier alpha value is -1.58. The van der Waals surface area contributed by atoms with Crippen LogP contribution in [-0.4, -0.2) is 22.5 Å². The molecule has 0 saturated heterocycles. The second-order valence-electron chi connectivity index (χ2n) is 5.59. The number of aromatic nitrogens is 1. The lowest BCUT2D eigenvalue weighted by Gasteiger charge is -2.20. The molecule has 1 aromatic heterocycles. The summed E-state index contributed by atoms with van der Waals surface area (Å²) in [5, 5.41) is 6.23. The molecule has 4 nitrogen and oxygen atoms in total. The molecule has 1 unspecified atom stereocenters. The zero-order valence-corrected chi connectivity index (χ0v) is 11.9. The van der Waals surface area contributed by atoms with Crippen LogP contribution in [0.5, 0.6) is 0 Å². The molecule has 100 valence electrons. The topological polar surface area (TPSA) is 54.0 Å². The van der Waals surface area contributed by atoms with Gasteiger partial charge in [0.15, 0.2) is 0 Å². The molecule has 2 N–H and O–H groups in total. The number of hydrogen-bond donors (Lipinski definition) is 2. The maximum absolute atomic E-state index is 12.0. The first kappa shape index (κ1) is 14.5. The van der Waals surface area contributed by atoms with Crippen molar-refractivity contribution >= 4 is 11.6 Å². The Morgan fingerprint density at radius 1 is 1.44 bits per heavy atom. The number of carbonyl (C=O) groups is 1. The van der Waals surface area contributed by atoms with Crippen LogP contribution in [0.25, 0.3) is 0 Å². The van der Waals surface area contributed by atoms with Gasteiger partial charge in [0.05, 0.1) is 0 Å². The summed E-state index contributed by atoms with van der Waals surface area (Å²) in [5.74, 6) is -0.143. The van der Waals surface area contributed by atoms with Gasteiger partial charge in [0.25, 0.3) is 5.91 Å². The fraction of sp³-hybridized carbons (Fsp3) is 0.571. The van der Waals surface area contributed by atoms with E-state index in [1.165, 1.54) is 0 Å². The molecule has 0 aliphatic rings. The third-order valence-corrected chi connectivity index (χ3v) is 2.51. The maximum atomic E-state index is 12.0. The van der Waals surface area contributed by atoms with E-state index >= 15 is 0 Å². The second kappa shape index (κ2) is 5.85. The largest absolute Gasteiger partial charge is 0.382 e. The minimum atomic E-state index is -0.251. The van der Waals surface area contributed by atoms with E-state index in [2.05, 4.69) is 29.5 Å². The first-order valence-electron chi connectivity index (χ1n) is 6.37. The van der Waals surface area contributed by atoms with Crippen LogP contribution in [0.2, 0.25) is 0 Å². The van der Waals surface area contributed by atoms with Crippen molar-refractivity contribution in [1.29, 1.82) is 0 Å². The molecule has 4 heteroatoms. The van der Waals surface area contributed by atoms with Crippen molar-refractivity contribution in [3.8, 4) is 0 Å². The molecule has 18 heavy (non-hydrogen) atoms. The molecule has 0 fully saturated rings. The van der Waals surface area contributed by atoms with E-state index in [0.717, 1.165) is 12.1 Å². The van der Waals surface area contributed by atoms with Gasteiger partial charge in [-0.2, -0.15) is 0 Å². The van der Waals surface area contributed by atoms with E-state index in [1.54, 1.807) is 12.3 Å². The number of carbonyl (C=O) groups excluding carboxylic acids is 1. The third kappa shape index (κ3) is 4.73. The van der Waals surface area contributed by atoms with Crippen molar-refractivity contribution < 1.29 is 4.79 Å². The molecule has 0 spiro atoms. The standard InChI is InChI=1S/C14H23N3O/c1-6-10(2)16-11-7-8-15-12(9-11)13(18)17-14(3,4)5/h7-10H,6H2,1-5H3,(H,15,16)(H,17,18). The summed E-state index contributed by atoms with van der Waals surface area (Å²) in [6, 6.07) is 4.04. The minimum absolute atomic E-state index is 0.143. The highest BCUT2D eigenvalue weighted by atomic mass is 16.2. The van der Waals surface area contributed by atoms with Gasteiger partial charge < -0.3 is 10.6 Å². The summed E-state index contributed by atoms with van der Waals surface area (Å²) in [6.07, 6.45) is 2.69. The Morgan fingerprint density at radius 2 is 2.11 bits per heavy atom. The van der Waals surface area contributed by atoms with Crippen molar-refractivity contribution in [2.45, 2.75) is 52.6 Å². The molecular formula is C14H23N3O. The first-order valence-corrected chi connectivity index (χ1v) is 6.37. The maximum Gasteiger partial charge on any atom is 0.270 e. The lowest BCUT2D eigenvalue weighted by atomic mass is 10.1. The average molecular weight is 249 g/mol. The number of amides is 1. The number of pyridine rings is 1. The molecule has 0 radical (unpaired) electrons. The zero-order chi connectivity index (χ0) is 13.8. The minimum Gasteiger partial charge on any atom is -0.382 e. The molecule has 0 aliphatic heterocycles. The van der Waals surface area contributed by atoms with Crippen LogP contribution in [0.4, 0.5) is 5.69 Å². The van der Waals surface area contributed by atoms with Gasteiger partial charge in [-0.15, -0.1) is 0 Å². The number of anilines is 1. The van der Waals surface area contributed by atoms with E-state index in [0.29, 0.717) is 11.7 Å². The normalized spacial score (nSPS) is 12.9. The van der Waals surface area contributed by atoms with Gasteiger partial charge >= 0.3 is 0 Å². The molecule has 1 heterocycles. The number of nitrogens with one attached hydrogen (secondary N) is 2. The molecule has 1 aromatic rings. The Labute approximate surface area is 109 Å². The average Bonchev–Trinajstić information content (AvgIpc) is 2.27. The monoisotopic (exact) mass is 249 g/mol. The molecule has 1 atom stereocenters. The second-order valence-corrected chi connectivity index (χ2v) is 5.59. The van der Waals surface area contributed by atoms with Crippen LogP contribution >= 0.6 is 0 Å². The number of nitrogens with zero attached hydrogens (tertiary/aromatic N) is 1. The van der Waals surface area contributed by atoms with Gasteiger partial charge in [0.2, 0.25) is 0 Å². The lowest BCUT2D eigenvalue weighted by Crippen LogP contribution is -2.40. The zero-order valence-electron chi connectivity index (χ0n) is 11.9. The number of hydrogen-bond acceptors (Lipinski definition) is 3. The predicted molar refractivity (Wildman–Crippen MR) is 74.8 cm³/mol. The Morgan fingerprint density at radius 3 is 2.67 bits per heavy atom. The SMILES string of the molecule is CCC(C)Nc1ccnc(C(=O)NC(C)(C)C)c1. The predicted octanol–water partition coefficient (Wildman–Crippen LogP) is 2.82. The fourth-order valence-electron chi connectivity index (χ4n) is 1.44. The van der Waals surface area contributed by atoms with Gasteiger partial charge in [-0.1, -0.05) is 6.92 Å². The summed E-state index contributed by atoms with van der Waals surface area (Å²) in [6.45, 7) is 10.1. The van der Waals surface area contributed by atoms with Crippen molar-refractivity contribution in [2.75, 3.05) is 5.32 Å². The molecule has 1 rings (SSSR count). The van der Waals surface area contributed by atoms with E-state index in [4.69, 9.17) is 0 Å². The van der Waals surface area contributed by atoms with Crippen molar-refractivity contribution in [3.63, 3.8) is 0 Å². The van der Waals surface area contributed by atoms with Crippen LogP contribution in [0.15, 0.2) is 18.3 Å². The molecule has 0 aromatic carbocycles. The van der Waals surface area contributed by atoms with Crippen LogP contribution in [0, 0.1) is 0 Å². The Kier molecular flexibility index (Phi) is 4.70. The van der Waals surface area contributed by atoms with E-state index in [1.807, 2.05) is 26.8 Å². The highest BCUT2D eigenvalue weighted by Crippen LogP contribution is 2.11. The van der Waals surface area contributed by atoms with Crippen LogP contribution in [-0.2, 0) is 0 Å². The molecule has 0 saturated carbocycles. The lowest BCUT2D eigenvalue weighted by molar-refractivity contribution is 0.0914.